The molecule has 5 rings (SSSR count). The number of aromatic amines is 1. The molecule has 1 heterocycles. The van der Waals surface area contributed by atoms with E-state index in [1.54, 1.807) is 0 Å². The molecule has 3 nitrogen and oxygen atoms in total. The molecule has 0 aromatic carbocycles. The van der Waals surface area contributed by atoms with Crippen molar-refractivity contribution in [3.63, 3.8) is 0 Å². The van der Waals surface area contributed by atoms with Crippen LogP contribution in [0.2, 0.25) is 0 Å². The van der Waals surface area contributed by atoms with Gasteiger partial charge in [0.05, 0.1) is 0 Å². The van der Waals surface area contributed by atoms with Gasteiger partial charge < -0.3 is 10.3 Å². The second-order valence-electron chi connectivity index (χ2n) is 7.25. The minimum atomic E-state index is 0.102. The number of hydrogen-bond donors (Lipinski definition) is 2. The Bertz CT molecular complexity index is 534. The maximum Gasteiger partial charge on any atom is 0.252 e. The molecule has 1 aromatic rings. The monoisotopic (exact) mass is 272 g/mol. The van der Waals surface area contributed by atoms with Crippen LogP contribution in [0.4, 0.5) is 0 Å². The zero-order valence-electron chi connectivity index (χ0n) is 12.2. The van der Waals surface area contributed by atoms with Crippen LogP contribution in [0.5, 0.6) is 0 Å². The molecular weight excluding hydrogens is 248 g/mol. The van der Waals surface area contributed by atoms with Crippen LogP contribution in [-0.4, -0.2) is 12.0 Å². The Labute approximate surface area is 120 Å². The van der Waals surface area contributed by atoms with Crippen molar-refractivity contribution in [2.75, 3.05) is 7.05 Å². The Hall–Kier alpha value is -1.09. The Kier molecular flexibility index (Phi) is 2.99. The van der Waals surface area contributed by atoms with E-state index in [1.165, 1.54) is 37.8 Å². The minimum Gasteiger partial charge on any atom is -0.326 e. The van der Waals surface area contributed by atoms with Gasteiger partial charge >= 0.3 is 0 Å². The number of H-pyrrole nitrogens is 1. The van der Waals surface area contributed by atoms with Gasteiger partial charge in [0.25, 0.3) is 5.56 Å². The first-order chi connectivity index (χ1) is 9.74. The quantitative estimate of drug-likeness (QED) is 0.888. The number of rotatable bonds is 3. The summed E-state index contributed by atoms with van der Waals surface area (Å²) >= 11 is 0. The van der Waals surface area contributed by atoms with E-state index in [0.29, 0.717) is 12.5 Å². The van der Waals surface area contributed by atoms with Gasteiger partial charge in [-0.1, -0.05) is 6.07 Å². The highest BCUT2D eigenvalue weighted by atomic mass is 16.1. The molecule has 20 heavy (non-hydrogen) atoms. The molecule has 4 aliphatic rings. The third-order valence-electron chi connectivity index (χ3n) is 5.97. The van der Waals surface area contributed by atoms with Crippen LogP contribution in [0.15, 0.2) is 16.9 Å². The molecule has 1 aromatic heterocycles. The molecule has 0 radical (unpaired) electrons. The lowest BCUT2D eigenvalue weighted by atomic mass is 9.51. The molecule has 0 saturated heterocycles. The zero-order valence-corrected chi connectivity index (χ0v) is 12.2. The Morgan fingerprint density at radius 1 is 1.10 bits per heavy atom. The lowest BCUT2D eigenvalue weighted by Crippen LogP contribution is -2.44. The van der Waals surface area contributed by atoms with Gasteiger partial charge in [0.1, 0.15) is 0 Å². The van der Waals surface area contributed by atoms with Crippen molar-refractivity contribution >= 4 is 0 Å². The van der Waals surface area contributed by atoms with Crippen molar-refractivity contribution in [3.05, 3.63) is 33.7 Å². The van der Waals surface area contributed by atoms with Gasteiger partial charge in [0.15, 0.2) is 0 Å². The van der Waals surface area contributed by atoms with Gasteiger partial charge in [-0.3, -0.25) is 4.79 Å². The fraction of sp³-hybridized carbons (Fsp3) is 0.706. The fourth-order valence-corrected chi connectivity index (χ4v) is 5.48. The van der Waals surface area contributed by atoms with Gasteiger partial charge in [0, 0.05) is 23.7 Å². The summed E-state index contributed by atoms with van der Waals surface area (Å²) in [5.74, 6) is 4.27. The summed E-state index contributed by atoms with van der Waals surface area (Å²) in [6.45, 7) is 0.650. The van der Waals surface area contributed by atoms with Gasteiger partial charge in [-0.25, -0.2) is 0 Å². The van der Waals surface area contributed by atoms with Crippen molar-refractivity contribution in [1.82, 2.24) is 10.3 Å². The Morgan fingerprint density at radius 3 is 2.30 bits per heavy atom. The molecule has 108 valence electrons. The van der Waals surface area contributed by atoms with Gasteiger partial charge in [-0.15, -0.1) is 0 Å². The number of hydrogen-bond acceptors (Lipinski definition) is 2. The van der Waals surface area contributed by atoms with Crippen molar-refractivity contribution in [3.8, 4) is 0 Å². The first kappa shape index (κ1) is 12.6. The predicted octanol–water partition coefficient (Wildman–Crippen LogP) is 2.63. The van der Waals surface area contributed by atoms with Crippen molar-refractivity contribution in [2.45, 2.75) is 44.6 Å². The molecule has 3 heteroatoms. The smallest absolute Gasteiger partial charge is 0.252 e. The van der Waals surface area contributed by atoms with E-state index in [2.05, 4.69) is 16.4 Å². The molecule has 0 atom stereocenters. The van der Waals surface area contributed by atoms with E-state index in [1.807, 2.05) is 13.1 Å². The van der Waals surface area contributed by atoms with Crippen LogP contribution in [0, 0.1) is 23.7 Å². The van der Waals surface area contributed by atoms with Crippen LogP contribution in [0.1, 0.15) is 49.3 Å². The van der Waals surface area contributed by atoms with E-state index in [9.17, 15) is 4.79 Å². The molecular formula is C17H24N2O. The third kappa shape index (κ3) is 1.95. The maximum atomic E-state index is 12.2. The van der Waals surface area contributed by atoms with Crippen LogP contribution in [0.25, 0.3) is 0 Å². The first-order valence-corrected chi connectivity index (χ1v) is 8.11. The summed E-state index contributed by atoms with van der Waals surface area (Å²) in [6.07, 6.45) is 7.09. The maximum absolute atomic E-state index is 12.2. The first-order valence-electron chi connectivity index (χ1n) is 8.11. The summed E-state index contributed by atoms with van der Waals surface area (Å²) in [4.78, 5) is 15.4. The molecule has 0 unspecified atom stereocenters. The molecule has 4 fully saturated rings. The van der Waals surface area contributed by atoms with Gasteiger partial charge in [0.2, 0.25) is 0 Å². The summed E-state index contributed by atoms with van der Waals surface area (Å²) < 4.78 is 0. The topological polar surface area (TPSA) is 44.9 Å². The molecule has 0 amide bonds. The highest BCUT2D eigenvalue weighted by molar-refractivity contribution is 5.21. The summed E-state index contributed by atoms with van der Waals surface area (Å²) in [5.41, 5.74) is 2.16. The zero-order chi connectivity index (χ0) is 13.7. The average Bonchev–Trinajstić information content (AvgIpc) is 2.40. The van der Waals surface area contributed by atoms with Crippen molar-refractivity contribution in [2.24, 2.45) is 23.7 Å². The molecule has 4 bridgehead atoms. The largest absolute Gasteiger partial charge is 0.326 e. The van der Waals surface area contributed by atoms with Gasteiger partial charge in [-0.2, -0.15) is 0 Å². The van der Waals surface area contributed by atoms with E-state index in [-0.39, 0.29) is 5.56 Å². The summed E-state index contributed by atoms with van der Waals surface area (Å²) in [5, 5.41) is 3.06. The summed E-state index contributed by atoms with van der Waals surface area (Å²) in [7, 11) is 1.88. The highest BCUT2D eigenvalue weighted by Gasteiger charge is 2.48. The minimum absolute atomic E-state index is 0.102. The second-order valence-corrected chi connectivity index (χ2v) is 7.25. The fourth-order valence-electron chi connectivity index (χ4n) is 5.48. The third-order valence-corrected chi connectivity index (χ3v) is 5.97. The Morgan fingerprint density at radius 2 is 1.75 bits per heavy atom. The van der Waals surface area contributed by atoms with Gasteiger partial charge in [-0.05, 0) is 68.9 Å². The Balaban J connectivity index is 1.64. The lowest BCUT2D eigenvalue weighted by Gasteiger charge is -2.54. The molecule has 4 saturated carbocycles. The van der Waals surface area contributed by atoms with Crippen LogP contribution in [-0.2, 0) is 6.54 Å². The van der Waals surface area contributed by atoms with Crippen LogP contribution >= 0.6 is 0 Å². The predicted molar refractivity (Wildman–Crippen MR) is 79.6 cm³/mol. The molecule has 0 spiro atoms. The van der Waals surface area contributed by atoms with E-state index >= 15 is 0 Å². The van der Waals surface area contributed by atoms with Crippen LogP contribution in [0.3, 0.4) is 0 Å². The standard InChI is InChI=1S/C17H24N2O/c1-18-9-12-2-3-15(19-17(12)20)16-13-5-10-4-11(7-13)8-14(16)6-10/h2-3,10-11,13-14,16,18H,4-9H2,1H3,(H,19,20). The number of aromatic nitrogens is 1. The van der Waals surface area contributed by atoms with Crippen molar-refractivity contribution < 1.29 is 0 Å². The molecule has 4 aliphatic carbocycles. The van der Waals surface area contributed by atoms with Crippen LogP contribution < -0.4 is 10.9 Å². The molecule has 0 aliphatic heterocycles. The highest BCUT2D eigenvalue weighted by Crippen LogP contribution is 2.59. The van der Waals surface area contributed by atoms with E-state index in [4.69, 9.17) is 0 Å². The summed E-state index contributed by atoms with van der Waals surface area (Å²) in [6, 6.07) is 4.21. The second kappa shape index (κ2) is 4.73. The number of pyridine rings is 1. The number of nitrogens with one attached hydrogen (secondary N) is 2. The normalized spacial score (nSPS) is 38.4. The SMILES string of the molecule is CNCc1ccc(C2C3CC4CC(C3)CC2C4)[nH]c1=O. The van der Waals surface area contributed by atoms with E-state index < -0.39 is 0 Å². The van der Waals surface area contributed by atoms with E-state index in [0.717, 1.165) is 29.2 Å². The molecule has 2 N–H and O–H groups in total. The average molecular weight is 272 g/mol. The lowest BCUT2D eigenvalue weighted by molar-refractivity contribution is -0.00422. The van der Waals surface area contributed by atoms with Crippen molar-refractivity contribution in [1.29, 1.82) is 0 Å².